The third-order valence-corrected chi connectivity index (χ3v) is 6.85. The van der Waals surface area contributed by atoms with Crippen molar-refractivity contribution in [1.82, 2.24) is 15.2 Å². The largest absolute Gasteiger partial charge is 0.480 e. The first-order valence-corrected chi connectivity index (χ1v) is 10.3. The molecule has 1 aliphatic heterocycles. The highest BCUT2D eigenvalue weighted by Gasteiger charge is 2.42. The Hall–Kier alpha value is -1.59. The van der Waals surface area contributed by atoms with Crippen molar-refractivity contribution in [2.24, 2.45) is 0 Å². The molecule has 0 radical (unpaired) electrons. The number of nitrogens with zero attached hydrogens (tertiary/aromatic N) is 1. The lowest BCUT2D eigenvalue weighted by molar-refractivity contribution is -0.148. The fourth-order valence-corrected chi connectivity index (χ4v) is 5.38. The molecule has 1 aromatic heterocycles. The van der Waals surface area contributed by atoms with E-state index in [-0.39, 0.29) is 16.3 Å². The lowest BCUT2D eigenvalue weighted by Crippen LogP contribution is -2.60. The first-order chi connectivity index (χ1) is 11.6. The van der Waals surface area contributed by atoms with Crippen molar-refractivity contribution in [2.75, 3.05) is 11.5 Å². The molecular weight excluding hydrogens is 370 g/mol. The normalized spacial score (nSPS) is 18.5. The Balaban J connectivity index is 2.13. The summed E-state index contributed by atoms with van der Waals surface area (Å²) in [6.45, 7) is 4.30. The van der Waals surface area contributed by atoms with Gasteiger partial charge in [-0.1, -0.05) is 5.16 Å². The van der Waals surface area contributed by atoms with Crippen LogP contribution in [0.2, 0.25) is 0 Å². The molecule has 1 fully saturated rings. The smallest absolute Gasteiger partial charge is 0.329 e. The number of carbonyl (C=O) groups excluding carboxylic acids is 1. The standard InChI is InChI=1S/C14H21N3O6S2/c1-8-11(10(3)23-16-8)25(21,22)17-9(2)12(18)15-14(13(19)20)4-6-24-7-5-14/h9,17H,4-7H2,1-3H3,(H,15,18)(H,19,20). The maximum atomic E-state index is 12.4. The zero-order valence-electron chi connectivity index (χ0n) is 14.2. The summed E-state index contributed by atoms with van der Waals surface area (Å²) in [5, 5.41) is 15.6. The molecule has 0 bridgehead atoms. The number of aryl methyl sites for hydroxylation is 2. The zero-order valence-corrected chi connectivity index (χ0v) is 15.8. The highest BCUT2D eigenvalue weighted by molar-refractivity contribution is 7.99. The molecule has 1 atom stereocenters. The minimum Gasteiger partial charge on any atom is -0.480 e. The summed E-state index contributed by atoms with van der Waals surface area (Å²) in [5.74, 6) is -0.451. The van der Waals surface area contributed by atoms with Gasteiger partial charge in [-0.25, -0.2) is 13.2 Å². The quantitative estimate of drug-likeness (QED) is 0.634. The van der Waals surface area contributed by atoms with E-state index in [1.807, 2.05) is 0 Å². The Labute approximate surface area is 150 Å². The topological polar surface area (TPSA) is 139 Å². The third-order valence-electron chi connectivity index (χ3n) is 4.08. The van der Waals surface area contributed by atoms with Crippen molar-refractivity contribution in [3.05, 3.63) is 11.5 Å². The lowest BCUT2D eigenvalue weighted by atomic mass is 9.92. The second-order valence-electron chi connectivity index (χ2n) is 5.99. The van der Waals surface area contributed by atoms with Gasteiger partial charge < -0.3 is 14.9 Å². The average Bonchev–Trinajstić information content (AvgIpc) is 2.87. The molecular formula is C14H21N3O6S2. The molecule has 1 aliphatic rings. The second kappa shape index (κ2) is 7.34. The summed E-state index contributed by atoms with van der Waals surface area (Å²) >= 11 is 1.62. The number of carbonyl (C=O) groups is 2. The van der Waals surface area contributed by atoms with Crippen LogP contribution in [0, 0.1) is 13.8 Å². The van der Waals surface area contributed by atoms with Crippen LogP contribution in [-0.2, 0) is 19.6 Å². The fraction of sp³-hybridized carbons (Fsp3) is 0.643. The Morgan fingerprint density at radius 3 is 2.40 bits per heavy atom. The molecule has 2 heterocycles. The molecule has 25 heavy (non-hydrogen) atoms. The van der Waals surface area contributed by atoms with Crippen molar-refractivity contribution in [3.8, 4) is 0 Å². The summed E-state index contributed by atoms with van der Waals surface area (Å²) in [6, 6.07) is -1.15. The fourth-order valence-electron chi connectivity index (χ4n) is 2.66. The van der Waals surface area contributed by atoms with Crippen molar-refractivity contribution in [3.63, 3.8) is 0 Å². The molecule has 0 saturated carbocycles. The van der Waals surface area contributed by atoms with Gasteiger partial charge in [-0.15, -0.1) is 0 Å². The van der Waals surface area contributed by atoms with Crippen LogP contribution < -0.4 is 10.0 Å². The summed E-state index contributed by atoms with van der Waals surface area (Å²) in [6.07, 6.45) is 0.587. The van der Waals surface area contributed by atoms with Gasteiger partial charge in [0.1, 0.15) is 16.1 Å². The number of thioether (sulfide) groups is 1. The number of hydrogen-bond acceptors (Lipinski definition) is 7. The molecule has 140 valence electrons. The number of aliphatic carboxylic acids is 1. The molecule has 9 nitrogen and oxygen atoms in total. The number of rotatable bonds is 6. The Morgan fingerprint density at radius 1 is 1.32 bits per heavy atom. The van der Waals surface area contributed by atoms with Crippen LogP contribution in [0.5, 0.6) is 0 Å². The van der Waals surface area contributed by atoms with E-state index < -0.39 is 33.5 Å². The minimum atomic E-state index is -4.02. The molecule has 1 aromatic rings. The van der Waals surface area contributed by atoms with Crippen LogP contribution in [0.1, 0.15) is 31.2 Å². The SMILES string of the molecule is Cc1noc(C)c1S(=O)(=O)NC(C)C(=O)NC1(C(=O)O)CCSCC1. The molecule has 1 saturated heterocycles. The van der Waals surface area contributed by atoms with E-state index in [1.165, 1.54) is 20.8 Å². The van der Waals surface area contributed by atoms with Gasteiger partial charge in [0.15, 0.2) is 5.76 Å². The van der Waals surface area contributed by atoms with Crippen molar-refractivity contribution >= 4 is 33.7 Å². The second-order valence-corrected chi connectivity index (χ2v) is 8.86. The Kier molecular flexibility index (Phi) is 5.79. The molecule has 1 unspecified atom stereocenters. The van der Waals surface area contributed by atoms with E-state index in [0.717, 1.165) is 0 Å². The average molecular weight is 391 g/mol. The number of carboxylic acid groups (broad SMARTS) is 1. The number of amides is 1. The molecule has 0 aromatic carbocycles. The number of nitrogens with one attached hydrogen (secondary N) is 2. The van der Waals surface area contributed by atoms with Crippen molar-refractivity contribution < 1.29 is 27.6 Å². The van der Waals surface area contributed by atoms with Gasteiger partial charge in [0.2, 0.25) is 15.9 Å². The van der Waals surface area contributed by atoms with Crippen LogP contribution in [0.4, 0.5) is 0 Å². The van der Waals surface area contributed by atoms with E-state index in [9.17, 15) is 23.1 Å². The van der Waals surface area contributed by atoms with Gasteiger partial charge >= 0.3 is 5.97 Å². The van der Waals surface area contributed by atoms with E-state index >= 15 is 0 Å². The summed E-state index contributed by atoms with van der Waals surface area (Å²) in [4.78, 5) is 23.9. The molecule has 1 amide bonds. The lowest BCUT2D eigenvalue weighted by Gasteiger charge is -2.34. The number of hydrogen-bond donors (Lipinski definition) is 3. The van der Waals surface area contributed by atoms with E-state index in [4.69, 9.17) is 4.52 Å². The maximum Gasteiger partial charge on any atom is 0.329 e. The number of carboxylic acids is 1. The number of sulfonamides is 1. The first kappa shape index (κ1) is 19.7. The van der Waals surface area contributed by atoms with Crippen LogP contribution in [0.3, 0.4) is 0 Å². The van der Waals surface area contributed by atoms with Crippen LogP contribution in [-0.4, -0.2) is 53.6 Å². The summed E-state index contributed by atoms with van der Waals surface area (Å²) < 4.78 is 32.0. The van der Waals surface area contributed by atoms with Gasteiger partial charge in [-0.05, 0) is 45.1 Å². The number of aromatic nitrogens is 1. The highest BCUT2D eigenvalue weighted by atomic mass is 32.2. The van der Waals surface area contributed by atoms with Gasteiger partial charge in [0.05, 0.1) is 6.04 Å². The molecule has 3 N–H and O–H groups in total. The minimum absolute atomic E-state index is 0.115. The zero-order chi connectivity index (χ0) is 18.8. The van der Waals surface area contributed by atoms with Gasteiger partial charge in [-0.2, -0.15) is 16.5 Å². The maximum absolute atomic E-state index is 12.4. The predicted octanol–water partition coefficient (Wildman–Crippen LogP) is 0.425. The molecule has 11 heteroatoms. The van der Waals surface area contributed by atoms with Crippen LogP contribution in [0.15, 0.2) is 9.42 Å². The Bertz CT molecular complexity index is 748. The first-order valence-electron chi connectivity index (χ1n) is 7.67. The third kappa shape index (κ3) is 4.15. The molecule has 0 spiro atoms. The Morgan fingerprint density at radius 2 is 1.92 bits per heavy atom. The van der Waals surface area contributed by atoms with E-state index in [2.05, 4.69) is 15.2 Å². The van der Waals surface area contributed by atoms with Gasteiger partial charge in [0.25, 0.3) is 0 Å². The summed E-state index contributed by atoms with van der Waals surface area (Å²) in [5.41, 5.74) is -1.17. The van der Waals surface area contributed by atoms with Crippen molar-refractivity contribution in [1.29, 1.82) is 0 Å². The van der Waals surface area contributed by atoms with Gasteiger partial charge in [-0.3, -0.25) is 4.79 Å². The predicted molar refractivity (Wildman–Crippen MR) is 90.8 cm³/mol. The molecule has 0 aliphatic carbocycles. The van der Waals surface area contributed by atoms with Crippen molar-refractivity contribution in [2.45, 2.75) is 50.1 Å². The highest BCUT2D eigenvalue weighted by Crippen LogP contribution is 2.27. The molecule has 2 rings (SSSR count). The van der Waals surface area contributed by atoms with E-state index in [1.54, 1.807) is 11.8 Å². The summed E-state index contributed by atoms with van der Waals surface area (Å²) in [7, 11) is -4.02. The van der Waals surface area contributed by atoms with Gasteiger partial charge in [0, 0.05) is 0 Å². The van der Waals surface area contributed by atoms with E-state index in [0.29, 0.717) is 24.3 Å². The van der Waals surface area contributed by atoms with Crippen LogP contribution >= 0.6 is 11.8 Å². The van der Waals surface area contributed by atoms with Crippen LogP contribution in [0.25, 0.3) is 0 Å². The monoisotopic (exact) mass is 391 g/mol.